The van der Waals surface area contributed by atoms with Crippen LogP contribution in [-0.4, -0.2) is 16.0 Å². The van der Waals surface area contributed by atoms with Crippen molar-refractivity contribution in [2.45, 2.75) is 53.0 Å². The summed E-state index contributed by atoms with van der Waals surface area (Å²) in [6.45, 7) is 8.66. The highest BCUT2D eigenvalue weighted by Gasteiger charge is 2.23. The van der Waals surface area contributed by atoms with Gasteiger partial charge in [0.15, 0.2) is 0 Å². The Hall–Kier alpha value is -2.59. The molecule has 158 valence electrons. The molecule has 7 heteroatoms. The molecule has 0 spiro atoms. The summed E-state index contributed by atoms with van der Waals surface area (Å²) in [6.07, 6.45) is 10.4. The second kappa shape index (κ2) is 9.48. The third-order valence-electron chi connectivity index (χ3n) is 5.43. The first-order chi connectivity index (χ1) is 14.3. The van der Waals surface area contributed by atoms with Gasteiger partial charge in [-0.25, -0.2) is 0 Å². The van der Waals surface area contributed by atoms with E-state index in [9.17, 15) is 0 Å². The van der Waals surface area contributed by atoms with E-state index in [0.717, 1.165) is 29.7 Å². The Morgan fingerprint density at radius 3 is 2.73 bits per heavy atom. The van der Waals surface area contributed by atoms with Crippen LogP contribution >= 0.6 is 15.9 Å². The van der Waals surface area contributed by atoms with E-state index in [1.165, 1.54) is 5.57 Å². The van der Waals surface area contributed by atoms with E-state index in [2.05, 4.69) is 77.1 Å². The maximum Gasteiger partial charge on any atom is 0.240 e. The fraction of sp³-hybridized carbons (Fsp3) is 0.435. The summed E-state index contributed by atoms with van der Waals surface area (Å²) in [7, 11) is 0. The van der Waals surface area contributed by atoms with Gasteiger partial charge in [-0.2, -0.15) is 15.2 Å². The molecule has 1 aromatic rings. The number of allylic oxidation sites excluding steroid dienone is 5. The van der Waals surface area contributed by atoms with E-state index in [4.69, 9.17) is 15.7 Å². The van der Waals surface area contributed by atoms with Crippen LogP contribution in [0.5, 0.6) is 5.88 Å². The van der Waals surface area contributed by atoms with Crippen molar-refractivity contribution in [1.82, 2.24) is 9.97 Å². The molecule has 2 unspecified atom stereocenters. The Bertz CT molecular complexity index is 984. The van der Waals surface area contributed by atoms with Crippen LogP contribution in [0.15, 0.2) is 51.3 Å². The number of nitriles is 1. The third kappa shape index (κ3) is 5.11. The highest BCUT2D eigenvalue weighted by molar-refractivity contribution is 9.10. The number of nitrogens with one attached hydrogen (secondary N) is 1. The summed E-state index contributed by atoms with van der Waals surface area (Å²) < 4.78 is 6.77. The number of aromatic nitrogens is 2. The van der Waals surface area contributed by atoms with Crippen molar-refractivity contribution in [3.8, 4) is 11.9 Å². The smallest absolute Gasteiger partial charge is 0.240 e. The van der Waals surface area contributed by atoms with Crippen molar-refractivity contribution in [1.29, 1.82) is 5.26 Å². The second-order valence-corrected chi connectivity index (χ2v) is 8.98. The van der Waals surface area contributed by atoms with Gasteiger partial charge in [-0.05, 0) is 71.2 Å². The van der Waals surface area contributed by atoms with E-state index >= 15 is 0 Å². The van der Waals surface area contributed by atoms with Crippen molar-refractivity contribution in [3.05, 3.63) is 51.3 Å². The number of nitrogen functional groups attached to an aromatic ring is 1. The van der Waals surface area contributed by atoms with E-state index < -0.39 is 0 Å². The number of ether oxygens (including phenoxy) is 1. The maximum absolute atomic E-state index is 8.82. The molecule has 0 radical (unpaired) electrons. The average molecular weight is 470 g/mol. The molecule has 1 aromatic heterocycles. The molecule has 0 saturated heterocycles. The van der Waals surface area contributed by atoms with Crippen LogP contribution in [0.1, 0.15) is 47.0 Å². The molecule has 0 saturated carbocycles. The van der Waals surface area contributed by atoms with Crippen molar-refractivity contribution in [3.63, 3.8) is 0 Å². The molecule has 3 N–H and O–H groups in total. The number of hydrogen-bond acceptors (Lipinski definition) is 6. The van der Waals surface area contributed by atoms with Gasteiger partial charge in [0, 0.05) is 0 Å². The largest absolute Gasteiger partial charge is 0.437 e. The predicted octanol–water partition coefficient (Wildman–Crippen LogP) is 5.68. The number of nitrogens with two attached hydrogens (primary N) is 1. The standard InChI is InChI=1S/C23H28BrN5O/c1-13(2)17-11-14(3)20(15(4)12-17)30-22-19(24)21(26)28-23(29-22)27-18-7-5-16(6-8-18)9-10-25/h5-7,11,13,17-18H,8-9,12H2,1-4H3,(H3,26,27,28,29). The average Bonchev–Trinajstić information content (AvgIpc) is 2.69. The Balaban J connectivity index is 1.78. The zero-order chi connectivity index (χ0) is 21.8. The minimum Gasteiger partial charge on any atom is -0.437 e. The molecule has 0 bridgehead atoms. The number of nitrogens with zero attached hydrogens (tertiary/aromatic N) is 3. The fourth-order valence-electron chi connectivity index (χ4n) is 3.67. The van der Waals surface area contributed by atoms with E-state index in [-0.39, 0.29) is 6.04 Å². The first-order valence-corrected chi connectivity index (χ1v) is 11.0. The number of rotatable bonds is 6. The summed E-state index contributed by atoms with van der Waals surface area (Å²) in [5.41, 5.74) is 9.45. The number of anilines is 2. The molecule has 0 fully saturated rings. The Morgan fingerprint density at radius 2 is 2.13 bits per heavy atom. The topological polar surface area (TPSA) is 96.8 Å². The van der Waals surface area contributed by atoms with Crippen molar-refractivity contribution in [2.75, 3.05) is 11.1 Å². The first-order valence-electron chi connectivity index (χ1n) is 10.2. The van der Waals surface area contributed by atoms with Crippen LogP contribution in [0.3, 0.4) is 0 Å². The van der Waals surface area contributed by atoms with Gasteiger partial charge in [0.25, 0.3) is 0 Å². The zero-order valence-electron chi connectivity index (χ0n) is 17.9. The van der Waals surface area contributed by atoms with Gasteiger partial charge in [0.05, 0.1) is 18.5 Å². The highest BCUT2D eigenvalue weighted by Crippen LogP contribution is 2.37. The predicted molar refractivity (Wildman–Crippen MR) is 124 cm³/mol. The van der Waals surface area contributed by atoms with Gasteiger partial charge in [0.1, 0.15) is 16.0 Å². The van der Waals surface area contributed by atoms with Crippen molar-refractivity contribution < 1.29 is 4.74 Å². The van der Waals surface area contributed by atoms with E-state index in [1.807, 2.05) is 12.2 Å². The minimum absolute atomic E-state index is 0.0323. The molecule has 3 rings (SSSR count). The van der Waals surface area contributed by atoms with Gasteiger partial charge in [-0.15, -0.1) is 0 Å². The zero-order valence-corrected chi connectivity index (χ0v) is 19.5. The number of hydrogen-bond donors (Lipinski definition) is 2. The Morgan fingerprint density at radius 1 is 1.37 bits per heavy atom. The summed E-state index contributed by atoms with van der Waals surface area (Å²) in [6, 6.07) is 2.20. The lowest BCUT2D eigenvalue weighted by atomic mass is 9.83. The van der Waals surface area contributed by atoms with Gasteiger partial charge in [0.2, 0.25) is 11.8 Å². The molecule has 1 heterocycles. The lowest BCUT2D eigenvalue weighted by Gasteiger charge is -2.26. The normalized spacial score (nSPS) is 21.2. The van der Waals surface area contributed by atoms with Gasteiger partial charge >= 0.3 is 0 Å². The van der Waals surface area contributed by atoms with Crippen LogP contribution in [0, 0.1) is 23.2 Å². The fourth-order valence-corrected chi connectivity index (χ4v) is 3.92. The summed E-state index contributed by atoms with van der Waals surface area (Å²) in [5, 5.41) is 12.1. The monoisotopic (exact) mass is 469 g/mol. The van der Waals surface area contributed by atoms with E-state index in [0.29, 0.717) is 40.4 Å². The van der Waals surface area contributed by atoms with Crippen molar-refractivity contribution >= 4 is 27.7 Å². The quantitative estimate of drug-likeness (QED) is 0.556. The molecule has 2 atom stereocenters. The molecule has 0 amide bonds. The van der Waals surface area contributed by atoms with Gasteiger partial charge < -0.3 is 15.8 Å². The molecule has 2 aliphatic rings. The summed E-state index contributed by atoms with van der Waals surface area (Å²) in [5.74, 6) is 3.08. The third-order valence-corrected chi connectivity index (χ3v) is 6.17. The Kier molecular flexibility index (Phi) is 6.99. The molecule has 0 aliphatic heterocycles. The van der Waals surface area contributed by atoms with Crippen LogP contribution < -0.4 is 15.8 Å². The Labute approximate surface area is 186 Å². The van der Waals surface area contributed by atoms with Crippen LogP contribution in [-0.2, 0) is 0 Å². The number of halogens is 1. The maximum atomic E-state index is 8.82. The SMILES string of the molecule is CC1=CC(C(C)C)CC(C)=C1Oc1nc(NC2C=CC(CC#N)=CC2)nc(N)c1Br. The van der Waals surface area contributed by atoms with Gasteiger partial charge in [-0.3, -0.25) is 0 Å². The van der Waals surface area contributed by atoms with Crippen LogP contribution in [0.2, 0.25) is 0 Å². The lowest BCUT2D eigenvalue weighted by molar-refractivity contribution is 0.380. The minimum atomic E-state index is 0.0323. The van der Waals surface area contributed by atoms with Crippen LogP contribution in [0.25, 0.3) is 0 Å². The molecule has 6 nitrogen and oxygen atoms in total. The van der Waals surface area contributed by atoms with Crippen molar-refractivity contribution in [2.24, 2.45) is 11.8 Å². The molecular formula is C23H28BrN5O. The molecule has 30 heavy (non-hydrogen) atoms. The first kappa shape index (κ1) is 22.1. The molecule has 0 aromatic carbocycles. The van der Waals surface area contributed by atoms with Gasteiger partial charge in [-0.1, -0.05) is 38.2 Å². The summed E-state index contributed by atoms with van der Waals surface area (Å²) >= 11 is 3.47. The summed E-state index contributed by atoms with van der Waals surface area (Å²) in [4.78, 5) is 8.90. The van der Waals surface area contributed by atoms with E-state index in [1.54, 1.807) is 0 Å². The molecular weight excluding hydrogens is 442 g/mol. The van der Waals surface area contributed by atoms with Crippen LogP contribution in [0.4, 0.5) is 11.8 Å². The highest BCUT2D eigenvalue weighted by atomic mass is 79.9. The lowest BCUT2D eigenvalue weighted by Crippen LogP contribution is -2.20. The second-order valence-electron chi connectivity index (χ2n) is 8.18. The molecule has 2 aliphatic carbocycles.